The first kappa shape index (κ1) is 16.9. The van der Waals surface area contributed by atoms with Crippen molar-refractivity contribution in [1.29, 1.82) is 0 Å². The molecule has 22 heavy (non-hydrogen) atoms. The molecule has 0 spiro atoms. The molecule has 2 atom stereocenters. The Labute approximate surface area is 133 Å². The first-order chi connectivity index (χ1) is 10.5. The van der Waals surface area contributed by atoms with Crippen molar-refractivity contribution in [3.8, 4) is 0 Å². The SMILES string of the molecule is CC[C@@H](NCC(O)c1ccc(F)cc1Cl)c1ccccc1F. The second-order valence-corrected chi connectivity index (χ2v) is 5.48. The van der Waals surface area contributed by atoms with E-state index in [9.17, 15) is 13.9 Å². The number of benzene rings is 2. The molecule has 0 aromatic heterocycles. The molecule has 2 rings (SSSR count). The molecule has 2 aromatic carbocycles. The first-order valence-corrected chi connectivity index (χ1v) is 7.51. The van der Waals surface area contributed by atoms with Gasteiger partial charge in [-0.05, 0) is 24.6 Å². The van der Waals surface area contributed by atoms with Gasteiger partial charge < -0.3 is 10.4 Å². The van der Waals surface area contributed by atoms with Gasteiger partial charge >= 0.3 is 0 Å². The van der Waals surface area contributed by atoms with Crippen LogP contribution in [0.2, 0.25) is 5.02 Å². The summed E-state index contributed by atoms with van der Waals surface area (Å²) in [5, 5.41) is 13.5. The van der Waals surface area contributed by atoms with Gasteiger partial charge in [-0.2, -0.15) is 0 Å². The molecule has 5 heteroatoms. The van der Waals surface area contributed by atoms with Gasteiger partial charge in [-0.25, -0.2) is 8.78 Å². The van der Waals surface area contributed by atoms with Crippen molar-refractivity contribution in [2.24, 2.45) is 0 Å². The highest BCUT2D eigenvalue weighted by atomic mass is 35.5. The van der Waals surface area contributed by atoms with E-state index in [0.29, 0.717) is 17.5 Å². The highest BCUT2D eigenvalue weighted by Gasteiger charge is 2.17. The molecule has 0 fully saturated rings. The van der Waals surface area contributed by atoms with Gasteiger partial charge in [-0.1, -0.05) is 42.8 Å². The molecule has 2 N–H and O–H groups in total. The number of aliphatic hydroxyl groups excluding tert-OH is 1. The van der Waals surface area contributed by atoms with Crippen LogP contribution in [-0.4, -0.2) is 11.7 Å². The minimum Gasteiger partial charge on any atom is -0.387 e. The second kappa shape index (κ2) is 7.68. The largest absolute Gasteiger partial charge is 0.387 e. The lowest BCUT2D eigenvalue weighted by Crippen LogP contribution is -2.27. The summed E-state index contributed by atoms with van der Waals surface area (Å²) in [7, 11) is 0. The van der Waals surface area contributed by atoms with Crippen molar-refractivity contribution in [3.63, 3.8) is 0 Å². The van der Waals surface area contributed by atoms with Gasteiger partial charge in [0.1, 0.15) is 11.6 Å². The predicted molar refractivity (Wildman–Crippen MR) is 83.8 cm³/mol. The average Bonchev–Trinajstić information content (AvgIpc) is 2.49. The molecule has 0 bridgehead atoms. The molecular weight excluding hydrogens is 308 g/mol. The molecule has 2 aromatic rings. The molecule has 2 nitrogen and oxygen atoms in total. The van der Waals surface area contributed by atoms with Crippen molar-refractivity contribution >= 4 is 11.6 Å². The van der Waals surface area contributed by atoms with E-state index in [2.05, 4.69) is 5.32 Å². The van der Waals surface area contributed by atoms with E-state index in [1.807, 2.05) is 6.92 Å². The summed E-state index contributed by atoms with van der Waals surface area (Å²) in [6, 6.07) is 10.2. The summed E-state index contributed by atoms with van der Waals surface area (Å²) in [6.45, 7) is 2.12. The fourth-order valence-electron chi connectivity index (χ4n) is 2.37. The quantitative estimate of drug-likeness (QED) is 0.825. The van der Waals surface area contributed by atoms with E-state index < -0.39 is 11.9 Å². The van der Waals surface area contributed by atoms with Crippen LogP contribution in [0.15, 0.2) is 42.5 Å². The maximum Gasteiger partial charge on any atom is 0.127 e. The van der Waals surface area contributed by atoms with E-state index in [1.54, 1.807) is 18.2 Å². The number of rotatable bonds is 6. The van der Waals surface area contributed by atoms with Gasteiger partial charge in [0, 0.05) is 28.7 Å². The molecule has 0 saturated carbocycles. The van der Waals surface area contributed by atoms with Crippen LogP contribution in [0.4, 0.5) is 8.78 Å². The topological polar surface area (TPSA) is 32.3 Å². The number of halogens is 3. The Bertz CT molecular complexity index is 636. The third kappa shape index (κ3) is 4.03. The Hall–Kier alpha value is -1.49. The standard InChI is InChI=1S/C17H18ClF2NO/c1-2-16(13-5-3-4-6-15(13)20)21-10-17(22)12-8-7-11(19)9-14(12)18/h3-9,16-17,21-22H,2,10H2,1H3/t16-,17?/m1/s1. The van der Waals surface area contributed by atoms with Crippen molar-refractivity contribution < 1.29 is 13.9 Å². The highest BCUT2D eigenvalue weighted by molar-refractivity contribution is 6.31. The predicted octanol–water partition coefficient (Wildman–Crippen LogP) is 4.39. The Morgan fingerprint density at radius 2 is 1.86 bits per heavy atom. The van der Waals surface area contributed by atoms with E-state index in [1.165, 1.54) is 18.2 Å². The van der Waals surface area contributed by atoms with E-state index in [-0.39, 0.29) is 23.4 Å². The molecular formula is C17H18ClF2NO. The Morgan fingerprint density at radius 3 is 2.50 bits per heavy atom. The lowest BCUT2D eigenvalue weighted by Gasteiger charge is -2.21. The summed E-state index contributed by atoms with van der Waals surface area (Å²) in [6.07, 6.45) is -0.223. The van der Waals surface area contributed by atoms with Crippen LogP contribution >= 0.6 is 11.6 Å². The van der Waals surface area contributed by atoms with Crippen LogP contribution in [0, 0.1) is 11.6 Å². The maximum absolute atomic E-state index is 13.8. The third-order valence-corrected chi connectivity index (χ3v) is 3.90. The van der Waals surface area contributed by atoms with Crippen LogP contribution < -0.4 is 5.32 Å². The Morgan fingerprint density at radius 1 is 1.14 bits per heavy atom. The molecule has 118 valence electrons. The number of hydrogen-bond acceptors (Lipinski definition) is 2. The highest BCUT2D eigenvalue weighted by Crippen LogP contribution is 2.25. The molecule has 0 aliphatic carbocycles. The van der Waals surface area contributed by atoms with Gasteiger partial charge in [-0.3, -0.25) is 0 Å². The first-order valence-electron chi connectivity index (χ1n) is 7.13. The summed E-state index contributed by atoms with van der Waals surface area (Å²) in [4.78, 5) is 0. The zero-order valence-corrected chi connectivity index (χ0v) is 12.9. The second-order valence-electron chi connectivity index (χ2n) is 5.07. The minimum absolute atomic E-state index is 0.174. The van der Waals surface area contributed by atoms with Crippen LogP contribution in [0.25, 0.3) is 0 Å². The van der Waals surface area contributed by atoms with Crippen molar-refractivity contribution in [3.05, 3.63) is 70.2 Å². The summed E-state index contributed by atoms with van der Waals surface area (Å²) in [5.41, 5.74) is 1.00. The lowest BCUT2D eigenvalue weighted by atomic mass is 10.0. The molecule has 0 amide bonds. The number of aliphatic hydroxyl groups is 1. The van der Waals surface area contributed by atoms with Gasteiger partial charge in [0.15, 0.2) is 0 Å². The summed E-state index contributed by atoms with van der Waals surface area (Å²) < 4.78 is 26.8. The van der Waals surface area contributed by atoms with Crippen LogP contribution in [-0.2, 0) is 0 Å². The molecule has 0 aliphatic rings. The van der Waals surface area contributed by atoms with Crippen LogP contribution in [0.5, 0.6) is 0 Å². The van der Waals surface area contributed by atoms with E-state index in [0.717, 1.165) is 6.07 Å². The fourth-order valence-corrected chi connectivity index (χ4v) is 2.66. The van der Waals surface area contributed by atoms with Gasteiger partial charge in [0.2, 0.25) is 0 Å². The zero-order chi connectivity index (χ0) is 16.1. The number of nitrogens with one attached hydrogen (secondary N) is 1. The van der Waals surface area contributed by atoms with Crippen molar-refractivity contribution in [1.82, 2.24) is 5.32 Å². The third-order valence-electron chi connectivity index (χ3n) is 3.57. The van der Waals surface area contributed by atoms with Crippen molar-refractivity contribution in [2.75, 3.05) is 6.54 Å². The van der Waals surface area contributed by atoms with Crippen LogP contribution in [0.1, 0.15) is 36.6 Å². The van der Waals surface area contributed by atoms with Gasteiger partial charge in [0.25, 0.3) is 0 Å². The monoisotopic (exact) mass is 325 g/mol. The molecule has 0 heterocycles. The fraction of sp³-hybridized carbons (Fsp3) is 0.294. The molecule has 0 aliphatic heterocycles. The summed E-state index contributed by atoms with van der Waals surface area (Å²) in [5.74, 6) is -0.733. The van der Waals surface area contributed by atoms with E-state index >= 15 is 0 Å². The smallest absolute Gasteiger partial charge is 0.127 e. The van der Waals surface area contributed by atoms with E-state index in [4.69, 9.17) is 11.6 Å². The van der Waals surface area contributed by atoms with Gasteiger partial charge in [-0.15, -0.1) is 0 Å². The summed E-state index contributed by atoms with van der Waals surface area (Å²) >= 11 is 5.93. The maximum atomic E-state index is 13.8. The average molecular weight is 326 g/mol. The Balaban J connectivity index is 2.05. The lowest BCUT2D eigenvalue weighted by molar-refractivity contribution is 0.169. The zero-order valence-electron chi connectivity index (χ0n) is 12.2. The van der Waals surface area contributed by atoms with Crippen LogP contribution in [0.3, 0.4) is 0 Å². The number of hydrogen-bond donors (Lipinski definition) is 2. The van der Waals surface area contributed by atoms with Crippen molar-refractivity contribution in [2.45, 2.75) is 25.5 Å². The van der Waals surface area contributed by atoms with Gasteiger partial charge in [0.05, 0.1) is 6.10 Å². The molecule has 0 saturated heterocycles. The molecule has 0 radical (unpaired) electrons. The normalized spacial score (nSPS) is 13.9. The minimum atomic E-state index is -0.895. The Kier molecular flexibility index (Phi) is 5.89. The molecule has 1 unspecified atom stereocenters.